The number of morpholine rings is 1. The lowest BCUT2D eigenvalue weighted by Crippen LogP contribution is -2.43. The molecule has 2 heterocycles. The summed E-state index contributed by atoms with van der Waals surface area (Å²) < 4.78 is 19.3. The van der Waals surface area contributed by atoms with E-state index in [1.165, 1.54) is 17.0 Å². The SMILES string of the molecule is O=C(NC[C@H](c1cccs1)N1CCOCC1)c1ccc(Cl)cc1F. The van der Waals surface area contributed by atoms with Crippen LogP contribution in [0.15, 0.2) is 35.7 Å². The minimum absolute atomic E-state index is 0.00584. The third-order valence-electron chi connectivity index (χ3n) is 3.99. The second-order valence-corrected chi connectivity index (χ2v) is 6.93. The first-order valence-electron chi connectivity index (χ1n) is 7.73. The van der Waals surface area contributed by atoms with Gasteiger partial charge in [0.1, 0.15) is 5.82 Å². The molecule has 1 atom stereocenters. The molecule has 1 amide bonds. The van der Waals surface area contributed by atoms with Gasteiger partial charge in [0.25, 0.3) is 5.91 Å². The topological polar surface area (TPSA) is 41.6 Å². The second-order valence-electron chi connectivity index (χ2n) is 5.51. The number of hydrogen-bond acceptors (Lipinski definition) is 4. The van der Waals surface area contributed by atoms with E-state index in [0.717, 1.165) is 19.2 Å². The number of nitrogens with one attached hydrogen (secondary N) is 1. The van der Waals surface area contributed by atoms with Gasteiger partial charge in [0.2, 0.25) is 0 Å². The van der Waals surface area contributed by atoms with Crippen LogP contribution in [0.1, 0.15) is 21.3 Å². The number of rotatable bonds is 5. The fraction of sp³-hybridized carbons (Fsp3) is 0.353. The Kier molecular flexibility index (Phi) is 5.84. The minimum Gasteiger partial charge on any atom is -0.379 e. The fourth-order valence-corrected chi connectivity index (χ4v) is 3.76. The lowest BCUT2D eigenvalue weighted by atomic mass is 10.1. The van der Waals surface area contributed by atoms with Gasteiger partial charge in [0.15, 0.2) is 0 Å². The van der Waals surface area contributed by atoms with E-state index in [1.807, 2.05) is 11.4 Å². The zero-order valence-corrected chi connectivity index (χ0v) is 14.6. The molecule has 1 aliphatic rings. The first-order chi connectivity index (χ1) is 11.6. The Balaban J connectivity index is 1.70. The van der Waals surface area contributed by atoms with E-state index in [2.05, 4.69) is 16.3 Å². The third kappa shape index (κ3) is 4.13. The number of thiophene rings is 1. The molecule has 1 aromatic carbocycles. The zero-order valence-electron chi connectivity index (χ0n) is 13.0. The Labute approximate surface area is 149 Å². The first-order valence-corrected chi connectivity index (χ1v) is 8.99. The number of hydrogen-bond donors (Lipinski definition) is 1. The first kappa shape index (κ1) is 17.4. The van der Waals surface area contributed by atoms with Gasteiger partial charge < -0.3 is 10.1 Å². The molecule has 0 saturated carbocycles. The van der Waals surface area contributed by atoms with Gasteiger partial charge in [-0.25, -0.2) is 4.39 Å². The maximum atomic E-state index is 13.9. The van der Waals surface area contributed by atoms with Crippen molar-refractivity contribution in [3.8, 4) is 0 Å². The Morgan fingerprint density at radius 3 is 2.83 bits per heavy atom. The lowest BCUT2D eigenvalue weighted by Gasteiger charge is -2.34. The number of carbonyl (C=O) groups is 1. The highest BCUT2D eigenvalue weighted by atomic mass is 35.5. The van der Waals surface area contributed by atoms with Crippen LogP contribution in [0.5, 0.6) is 0 Å². The molecule has 0 bridgehead atoms. The maximum Gasteiger partial charge on any atom is 0.254 e. The van der Waals surface area contributed by atoms with Crippen LogP contribution >= 0.6 is 22.9 Å². The van der Waals surface area contributed by atoms with E-state index in [0.29, 0.717) is 19.8 Å². The zero-order chi connectivity index (χ0) is 16.9. The summed E-state index contributed by atoms with van der Waals surface area (Å²) in [5.41, 5.74) is 0.00584. The Bertz CT molecular complexity index is 690. The standard InChI is InChI=1S/C17H18ClFN2O2S/c18-12-3-4-13(14(19)10-12)17(22)20-11-15(16-2-1-9-24-16)21-5-7-23-8-6-21/h1-4,9-10,15H,5-8,11H2,(H,20,22)/t15-/m1/s1. The number of amides is 1. The summed E-state index contributed by atoms with van der Waals surface area (Å²) in [6.45, 7) is 3.41. The quantitative estimate of drug-likeness (QED) is 0.880. The van der Waals surface area contributed by atoms with Crippen molar-refractivity contribution in [2.75, 3.05) is 32.8 Å². The van der Waals surface area contributed by atoms with E-state index in [-0.39, 0.29) is 16.6 Å². The highest BCUT2D eigenvalue weighted by molar-refractivity contribution is 7.10. The summed E-state index contributed by atoms with van der Waals surface area (Å²) >= 11 is 7.38. The summed E-state index contributed by atoms with van der Waals surface area (Å²) in [6, 6.07) is 8.18. The molecule has 24 heavy (non-hydrogen) atoms. The van der Waals surface area contributed by atoms with Crippen molar-refractivity contribution in [3.05, 3.63) is 57.0 Å². The molecule has 0 spiro atoms. The number of ether oxygens (including phenoxy) is 1. The van der Waals surface area contributed by atoms with Crippen LogP contribution in [-0.2, 0) is 4.74 Å². The summed E-state index contributed by atoms with van der Waals surface area (Å²) in [5.74, 6) is -1.04. The van der Waals surface area contributed by atoms with Gasteiger partial charge in [-0.15, -0.1) is 11.3 Å². The monoisotopic (exact) mass is 368 g/mol. The third-order valence-corrected chi connectivity index (χ3v) is 5.20. The Hall–Kier alpha value is -1.47. The number of halogens is 2. The molecule has 1 aliphatic heterocycles. The predicted octanol–water partition coefficient (Wildman–Crippen LogP) is 3.34. The molecule has 1 fully saturated rings. The number of benzene rings is 1. The van der Waals surface area contributed by atoms with E-state index in [4.69, 9.17) is 16.3 Å². The van der Waals surface area contributed by atoms with Gasteiger partial charge in [0.05, 0.1) is 24.8 Å². The Morgan fingerprint density at radius 2 is 2.17 bits per heavy atom. The second kappa shape index (κ2) is 8.07. The van der Waals surface area contributed by atoms with Crippen molar-refractivity contribution in [1.29, 1.82) is 0 Å². The molecule has 4 nitrogen and oxygen atoms in total. The highest BCUT2D eigenvalue weighted by Gasteiger charge is 2.24. The van der Waals surface area contributed by atoms with Crippen LogP contribution in [0.3, 0.4) is 0 Å². The van der Waals surface area contributed by atoms with Gasteiger partial charge in [-0.05, 0) is 29.6 Å². The van der Waals surface area contributed by atoms with Crippen molar-refractivity contribution in [2.45, 2.75) is 6.04 Å². The molecule has 0 unspecified atom stereocenters. The van der Waals surface area contributed by atoms with Crippen LogP contribution in [0.4, 0.5) is 4.39 Å². The van der Waals surface area contributed by atoms with Crippen molar-refractivity contribution in [1.82, 2.24) is 10.2 Å². The molecule has 0 aliphatic carbocycles. The summed E-state index contributed by atoms with van der Waals surface area (Å²) in [4.78, 5) is 15.8. The molecule has 0 radical (unpaired) electrons. The van der Waals surface area contributed by atoms with E-state index in [1.54, 1.807) is 11.3 Å². The van der Waals surface area contributed by atoms with Gasteiger partial charge in [-0.2, -0.15) is 0 Å². The van der Waals surface area contributed by atoms with Gasteiger partial charge in [-0.1, -0.05) is 17.7 Å². The van der Waals surface area contributed by atoms with Crippen molar-refractivity contribution in [3.63, 3.8) is 0 Å². The molecule has 128 valence electrons. The van der Waals surface area contributed by atoms with Crippen LogP contribution in [0, 0.1) is 5.82 Å². The highest BCUT2D eigenvalue weighted by Crippen LogP contribution is 2.25. The van der Waals surface area contributed by atoms with Crippen LogP contribution in [0.2, 0.25) is 5.02 Å². The van der Waals surface area contributed by atoms with E-state index in [9.17, 15) is 9.18 Å². The molecule has 1 saturated heterocycles. The number of nitrogens with zero attached hydrogens (tertiary/aromatic N) is 1. The maximum absolute atomic E-state index is 13.9. The number of carbonyl (C=O) groups excluding carboxylic acids is 1. The normalized spacial score (nSPS) is 16.8. The summed E-state index contributed by atoms with van der Waals surface area (Å²) in [5, 5.41) is 5.14. The molecular weight excluding hydrogens is 351 g/mol. The van der Waals surface area contributed by atoms with Gasteiger partial charge in [-0.3, -0.25) is 9.69 Å². The predicted molar refractivity (Wildman–Crippen MR) is 93.2 cm³/mol. The molecule has 2 aromatic rings. The van der Waals surface area contributed by atoms with Crippen LogP contribution < -0.4 is 5.32 Å². The molecule has 7 heteroatoms. The lowest BCUT2D eigenvalue weighted by molar-refractivity contribution is 0.0169. The average Bonchev–Trinajstić information content (AvgIpc) is 3.10. The smallest absolute Gasteiger partial charge is 0.254 e. The minimum atomic E-state index is -0.612. The van der Waals surface area contributed by atoms with Crippen molar-refractivity contribution in [2.24, 2.45) is 0 Å². The molecular formula is C17H18ClFN2O2S. The van der Waals surface area contributed by atoms with E-state index >= 15 is 0 Å². The van der Waals surface area contributed by atoms with Crippen molar-refractivity contribution < 1.29 is 13.9 Å². The van der Waals surface area contributed by atoms with Gasteiger partial charge >= 0.3 is 0 Å². The largest absolute Gasteiger partial charge is 0.379 e. The fourth-order valence-electron chi connectivity index (χ4n) is 2.74. The average molecular weight is 369 g/mol. The summed E-state index contributed by atoms with van der Waals surface area (Å²) in [7, 11) is 0. The molecule has 3 rings (SSSR count). The summed E-state index contributed by atoms with van der Waals surface area (Å²) in [6.07, 6.45) is 0. The molecule has 1 aromatic heterocycles. The Morgan fingerprint density at radius 1 is 1.38 bits per heavy atom. The van der Waals surface area contributed by atoms with Crippen molar-refractivity contribution >= 4 is 28.8 Å². The molecule has 1 N–H and O–H groups in total. The van der Waals surface area contributed by atoms with Crippen LogP contribution in [0.25, 0.3) is 0 Å². The van der Waals surface area contributed by atoms with E-state index < -0.39 is 11.7 Å². The van der Waals surface area contributed by atoms with Gasteiger partial charge in [0, 0.05) is 29.5 Å². The van der Waals surface area contributed by atoms with Crippen LogP contribution in [-0.4, -0.2) is 43.7 Å².